The standard InChI is InChI=1S/C30H42N2O8/c1-5-32-15-26(40-24(33)16-8-6-7-9-18(16)31)11-10-22(38-3)29-20-12-17-19(37-2)13-28(35,30(20,36)23(17)39-4)27(34,25(29)32)14-21(26)29/h6-9,17,19-23,25,34-36H,5,10-15,31H2,1-4H3/t17-,19+,20+,21-,22+,23+,25?,26-,27-,28+,29-,30+/m1/s1. The number of hydrogen-bond acceptors (Lipinski definition) is 10. The Bertz CT molecular complexity index is 1230. The first-order valence-corrected chi connectivity index (χ1v) is 14.6. The number of fused-ring (bicyclic) bond motifs is 2. The summed E-state index contributed by atoms with van der Waals surface area (Å²) < 4.78 is 24.7. The molecular weight excluding hydrogens is 516 g/mol. The third-order valence-electron chi connectivity index (χ3n) is 12.4. The zero-order valence-electron chi connectivity index (χ0n) is 23.7. The van der Waals surface area contributed by atoms with Crippen LogP contribution in [0.1, 0.15) is 49.4 Å². The van der Waals surface area contributed by atoms with Crippen LogP contribution in [0, 0.1) is 23.2 Å². The molecule has 10 heteroatoms. The Labute approximate surface area is 234 Å². The van der Waals surface area contributed by atoms with Gasteiger partial charge in [0, 0.05) is 63.2 Å². The molecule has 1 saturated heterocycles. The number of likely N-dealkylation sites (N-methyl/N-ethyl adjacent to an activating group) is 1. The molecule has 6 aliphatic rings. The largest absolute Gasteiger partial charge is 0.454 e. The molecule has 6 fully saturated rings. The minimum absolute atomic E-state index is 0.0966. The van der Waals surface area contributed by atoms with Crippen molar-refractivity contribution in [3.05, 3.63) is 29.8 Å². The summed E-state index contributed by atoms with van der Waals surface area (Å²) in [5.74, 6) is -1.49. The van der Waals surface area contributed by atoms with Crippen molar-refractivity contribution in [3.63, 3.8) is 0 Å². The van der Waals surface area contributed by atoms with Crippen molar-refractivity contribution in [3.8, 4) is 0 Å². The number of carbonyl (C=O) groups excluding carboxylic acids is 1. The molecule has 220 valence electrons. The molecule has 5 aliphatic carbocycles. The molecule has 5 N–H and O–H groups in total. The van der Waals surface area contributed by atoms with Gasteiger partial charge >= 0.3 is 5.97 Å². The first-order valence-electron chi connectivity index (χ1n) is 14.6. The third kappa shape index (κ3) is 2.69. The van der Waals surface area contributed by atoms with E-state index in [2.05, 4.69) is 4.90 Å². The molecule has 1 aromatic rings. The molecule has 1 unspecified atom stereocenters. The van der Waals surface area contributed by atoms with Gasteiger partial charge in [-0.25, -0.2) is 4.79 Å². The van der Waals surface area contributed by atoms with Gasteiger partial charge in [-0.05, 0) is 44.4 Å². The zero-order valence-corrected chi connectivity index (χ0v) is 23.7. The SMILES string of the molecule is CCN1C[C@]2(OC(=O)c3ccccc3N)CC[C@H](OC)[C@]34C1[C@](O)(C[C@H]23)[C@@]1(O)C[C@H](OC)[C@H]2C[C@@H]4[C@]1(O)[C@H]2OC. The number of aliphatic hydroxyl groups is 3. The molecule has 0 aromatic heterocycles. The summed E-state index contributed by atoms with van der Waals surface area (Å²) in [4.78, 5) is 15.9. The smallest absolute Gasteiger partial charge is 0.340 e. The van der Waals surface area contributed by atoms with Gasteiger partial charge in [0.2, 0.25) is 0 Å². The molecule has 12 atom stereocenters. The summed E-state index contributed by atoms with van der Waals surface area (Å²) in [6, 6.07) is 6.38. The Balaban J connectivity index is 1.45. The lowest BCUT2D eigenvalue weighted by molar-refractivity contribution is -0.369. The Morgan fingerprint density at radius 3 is 2.48 bits per heavy atom. The number of anilines is 1. The van der Waals surface area contributed by atoms with Crippen LogP contribution in [0.2, 0.25) is 0 Å². The van der Waals surface area contributed by atoms with E-state index < -0.39 is 51.9 Å². The number of nitrogens with zero attached hydrogens (tertiary/aromatic N) is 1. The fraction of sp³-hybridized carbons (Fsp3) is 0.767. The molecule has 1 aliphatic heterocycles. The molecule has 1 aromatic carbocycles. The summed E-state index contributed by atoms with van der Waals surface area (Å²) in [6.07, 6.45) is 0.509. The van der Waals surface area contributed by atoms with E-state index in [4.69, 9.17) is 24.7 Å². The van der Waals surface area contributed by atoms with E-state index in [-0.39, 0.29) is 36.9 Å². The number of piperidine rings is 1. The minimum Gasteiger partial charge on any atom is -0.454 e. The molecular formula is C30H42N2O8. The van der Waals surface area contributed by atoms with E-state index in [1.165, 1.54) is 0 Å². The van der Waals surface area contributed by atoms with Crippen LogP contribution < -0.4 is 5.73 Å². The molecule has 1 heterocycles. The lowest BCUT2D eigenvalue weighted by Gasteiger charge is -2.71. The first kappa shape index (κ1) is 27.1. The molecule has 7 bridgehead atoms. The number of benzene rings is 1. The predicted molar refractivity (Wildman–Crippen MR) is 143 cm³/mol. The summed E-state index contributed by atoms with van der Waals surface area (Å²) in [5, 5.41) is 38.5. The highest BCUT2D eigenvalue weighted by atomic mass is 16.6. The predicted octanol–water partition coefficient (Wildman–Crippen LogP) is 0.960. The Kier molecular flexibility index (Phi) is 5.68. The highest BCUT2D eigenvalue weighted by Gasteiger charge is 2.93. The highest BCUT2D eigenvalue weighted by molar-refractivity contribution is 5.95. The molecule has 10 nitrogen and oxygen atoms in total. The number of methoxy groups -OCH3 is 3. The van der Waals surface area contributed by atoms with Crippen LogP contribution in [0.15, 0.2) is 24.3 Å². The number of nitrogen functional groups attached to an aromatic ring is 1. The van der Waals surface area contributed by atoms with E-state index in [1.807, 2.05) is 6.92 Å². The lowest BCUT2D eigenvalue weighted by atomic mass is 9.43. The Morgan fingerprint density at radius 2 is 1.82 bits per heavy atom. The number of nitrogens with two attached hydrogens (primary N) is 1. The molecule has 5 saturated carbocycles. The molecule has 40 heavy (non-hydrogen) atoms. The number of ether oxygens (including phenoxy) is 4. The number of rotatable bonds is 6. The minimum atomic E-state index is -1.90. The van der Waals surface area contributed by atoms with E-state index in [1.54, 1.807) is 45.6 Å². The van der Waals surface area contributed by atoms with Gasteiger partial charge in [0.15, 0.2) is 0 Å². The number of likely N-dealkylation sites (tertiary alicyclic amines) is 1. The van der Waals surface area contributed by atoms with Gasteiger partial charge in [-0.3, -0.25) is 4.90 Å². The average Bonchev–Trinajstić information content (AvgIpc) is 3.32. The van der Waals surface area contributed by atoms with Crippen molar-refractivity contribution >= 4 is 11.7 Å². The summed E-state index contributed by atoms with van der Waals surface area (Å²) >= 11 is 0. The number of para-hydroxylation sites is 1. The topological polar surface area (TPSA) is 144 Å². The van der Waals surface area contributed by atoms with Gasteiger partial charge in [-0.15, -0.1) is 0 Å². The zero-order chi connectivity index (χ0) is 28.5. The molecule has 0 radical (unpaired) electrons. The van der Waals surface area contributed by atoms with Gasteiger partial charge < -0.3 is 40.0 Å². The van der Waals surface area contributed by atoms with Gasteiger partial charge in [0.25, 0.3) is 0 Å². The van der Waals surface area contributed by atoms with Crippen LogP contribution in [0.5, 0.6) is 0 Å². The van der Waals surface area contributed by atoms with Crippen LogP contribution in [-0.2, 0) is 18.9 Å². The van der Waals surface area contributed by atoms with E-state index in [0.29, 0.717) is 43.6 Å². The van der Waals surface area contributed by atoms with Crippen LogP contribution in [-0.4, -0.2) is 107 Å². The van der Waals surface area contributed by atoms with Gasteiger partial charge in [0.05, 0.1) is 29.9 Å². The normalized spacial score (nSPS) is 52.0. The second-order valence-electron chi connectivity index (χ2n) is 13.2. The maximum absolute atomic E-state index is 13.7. The second-order valence-corrected chi connectivity index (χ2v) is 13.2. The summed E-state index contributed by atoms with van der Waals surface area (Å²) in [6.45, 7) is 3.01. The Morgan fingerprint density at radius 1 is 1.07 bits per heavy atom. The quantitative estimate of drug-likeness (QED) is 0.294. The maximum atomic E-state index is 13.7. The van der Waals surface area contributed by atoms with Crippen molar-refractivity contribution in [2.45, 2.75) is 85.8 Å². The second kappa shape index (κ2) is 8.40. The molecule has 0 amide bonds. The Hall–Kier alpha value is -1.79. The number of carbonyl (C=O) groups is 1. The van der Waals surface area contributed by atoms with Crippen molar-refractivity contribution < 1.29 is 39.1 Å². The maximum Gasteiger partial charge on any atom is 0.340 e. The monoisotopic (exact) mass is 558 g/mol. The third-order valence-corrected chi connectivity index (χ3v) is 12.4. The molecule has 7 rings (SSSR count). The van der Waals surface area contributed by atoms with Crippen LogP contribution in [0.25, 0.3) is 0 Å². The van der Waals surface area contributed by atoms with Crippen molar-refractivity contribution in [1.29, 1.82) is 0 Å². The van der Waals surface area contributed by atoms with Crippen molar-refractivity contribution in [2.75, 3.05) is 40.2 Å². The average molecular weight is 559 g/mol. The number of esters is 1. The van der Waals surface area contributed by atoms with Crippen LogP contribution >= 0.6 is 0 Å². The van der Waals surface area contributed by atoms with Crippen molar-refractivity contribution in [1.82, 2.24) is 4.90 Å². The fourth-order valence-electron chi connectivity index (χ4n) is 11.3. The van der Waals surface area contributed by atoms with Crippen LogP contribution in [0.3, 0.4) is 0 Å². The first-order chi connectivity index (χ1) is 19.0. The van der Waals surface area contributed by atoms with E-state index >= 15 is 0 Å². The van der Waals surface area contributed by atoms with Crippen molar-refractivity contribution in [2.24, 2.45) is 23.2 Å². The van der Waals surface area contributed by atoms with Gasteiger partial charge in [-0.2, -0.15) is 0 Å². The van der Waals surface area contributed by atoms with Crippen LogP contribution in [0.4, 0.5) is 5.69 Å². The van der Waals surface area contributed by atoms with E-state index in [0.717, 1.165) is 0 Å². The number of hydrogen-bond donors (Lipinski definition) is 4. The lowest BCUT2D eigenvalue weighted by Crippen LogP contribution is -2.87. The highest BCUT2D eigenvalue weighted by Crippen LogP contribution is 2.80. The van der Waals surface area contributed by atoms with Gasteiger partial charge in [-0.1, -0.05) is 19.1 Å². The fourth-order valence-corrected chi connectivity index (χ4v) is 11.3. The van der Waals surface area contributed by atoms with Gasteiger partial charge in [0.1, 0.15) is 22.4 Å². The summed E-state index contributed by atoms with van der Waals surface area (Å²) in [5.41, 5.74) is -0.285. The summed E-state index contributed by atoms with van der Waals surface area (Å²) in [7, 11) is 4.85. The molecule has 1 spiro atoms. The van der Waals surface area contributed by atoms with E-state index in [9.17, 15) is 20.1 Å².